The Morgan fingerprint density at radius 2 is 2.40 bits per heavy atom. The second-order valence-corrected chi connectivity index (χ2v) is 3.76. The Labute approximate surface area is 91.6 Å². The fourth-order valence-electron chi connectivity index (χ4n) is 1.69. The highest BCUT2D eigenvalue weighted by Crippen LogP contribution is 2.04. The number of rotatable bonds is 7. The van der Waals surface area contributed by atoms with Gasteiger partial charge in [-0.1, -0.05) is 6.92 Å². The van der Waals surface area contributed by atoms with Crippen LogP contribution in [0.4, 0.5) is 0 Å². The molecule has 15 heavy (non-hydrogen) atoms. The smallest absolute Gasteiger partial charge is 0.0522 e. The molecule has 0 radical (unpaired) electrons. The summed E-state index contributed by atoms with van der Waals surface area (Å²) < 4.78 is 6.94. The van der Waals surface area contributed by atoms with Crippen LogP contribution in [0.1, 0.15) is 18.9 Å². The number of likely N-dealkylation sites (N-methyl/N-ethyl adjacent to an activating group) is 1. The van der Waals surface area contributed by atoms with E-state index in [-0.39, 0.29) is 0 Å². The van der Waals surface area contributed by atoms with Crippen LogP contribution in [0, 0.1) is 0 Å². The lowest BCUT2D eigenvalue weighted by molar-refractivity contribution is 0.183. The Kier molecular flexibility index (Phi) is 5.36. The highest BCUT2D eigenvalue weighted by atomic mass is 16.5. The Morgan fingerprint density at radius 1 is 1.60 bits per heavy atom. The van der Waals surface area contributed by atoms with Crippen molar-refractivity contribution in [2.75, 3.05) is 20.3 Å². The number of hydrogen-bond donors (Lipinski definition) is 1. The van der Waals surface area contributed by atoms with Gasteiger partial charge < -0.3 is 10.1 Å². The molecule has 0 saturated carbocycles. The van der Waals surface area contributed by atoms with E-state index < -0.39 is 0 Å². The molecule has 1 atom stereocenters. The van der Waals surface area contributed by atoms with Crippen LogP contribution in [0.25, 0.3) is 0 Å². The summed E-state index contributed by atoms with van der Waals surface area (Å²) in [7, 11) is 3.69. The van der Waals surface area contributed by atoms with Gasteiger partial charge in [0.2, 0.25) is 0 Å². The third-order valence-corrected chi connectivity index (χ3v) is 2.40. The fraction of sp³-hybridized carbons (Fsp3) is 0.727. The van der Waals surface area contributed by atoms with Gasteiger partial charge in [0.25, 0.3) is 0 Å². The van der Waals surface area contributed by atoms with Crippen LogP contribution in [-0.4, -0.2) is 36.1 Å². The zero-order chi connectivity index (χ0) is 11.1. The topological polar surface area (TPSA) is 39.1 Å². The molecule has 1 aromatic rings. The van der Waals surface area contributed by atoms with Gasteiger partial charge in [0.1, 0.15) is 0 Å². The number of nitrogens with zero attached hydrogens (tertiary/aromatic N) is 2. The summed E-state index contributed by atoms with van der Waals surface area (Å²) in [4.78, 5) is 0. The summed E-state index contributed by atoms with van der Waals surface area (Å²) in [6, 6.07) is 0.485. The van der Waals surface area contributed by atoms with E-state index in [1.165, 1.54) is 5.56 Å². The maximum absolute atomic E-state index is 5.10. The van der Waals surface area contributed by atoms with Crippen LogP contribution >= 0.6 is 0 Å². The molecule has 1 aromatic heterocycles. The van der Waals surface area contributed by atoms with Crippen molar-refractivity contribution < 1.29 is 4.74 Å². The second kappa shape index (κ2) is 6.58. The molecule has 1 N–H and O–H groups in total. The maximum atomic E-state index is 5.10. The zero-order valence-electron chi connectivity index (χ0n) is 9.86. The van der Waals surface area contributed by atoms with Gasteiger partial charge in [-0.2, -0.15) is 5.10 Å². The van der Waals surface area contributed by atoms with E-state index in [4.69, 9.17) is 4.74 Å². The minimum Gasteiger partial charge on any atom is -0.385 e. The van der Waals surface area contributed by atoms with Crippen molar-refractivity contribution in [3.8, 4) is 0 Å². The molecular formula is C11H21N3O. The predicted octanol–water partition coefficient (Wildman–Crippen LogP) is 0.977. The molecule has 0 aliphatic heterocycles. The first-order chi connectivity index (χ1) is 7.26. The van der Waals surface area contributed by atoms with Gasteiger partial charge in [0, 0.05) is 33.0 Å². The lowest BCUT2D eigenvalue weighted by Gasteiger charge is -2.16. The van der Waals surface area contributed by atoms with Crippen molar-refractivity contribution in [3.05, 3.63) is 18.0 Å². The summed E-state index contributed by atoms with van der Waals surface area (Å²) in [5.74, 6) is 0. The summed E-state index contributed by atoms with van der Waals surface area (Å²) in [6.45, 7) is 3.93. The molecule has 4 nitrogen and oxygen atoms in total. The van der Waals surface area contributed by atoms with E-state index >= 15 is 0 Å². The van der Waals surface area contributed by atoms with Crippen LogP contribution in [0.3, 0.4) is 0 Å². The number of aromatic nitrogens is 2. The quantitative estimate of drug-likeness (QED) is 0.730. The van der Waals surface area contributed by atoms with Crippen molar-refractivity contribution in [2.45, 2.75) is 25.8 Å². The average Bonchev–Trinajstić information content (AvgIpc) is 2.61. The van der Waals surface area contributed by atoms with Gasteiger partial charge >= 0.3 is 0 Å². The highest BCUT2D eigenvalue weighted by Gasteiger charge is 2.08. The van der Waals surface area contributed by atoms with E-state index in [1.54, 1.807) is 7.11 Å². The lowest BCUT2D eigenvalue weighted by Crippen LogP contribution is -2.32. The molecule has 86 valence electrons. The normalized spacial score (nSPS) is 13.0. The molecule has 1 unspecified atom stereocenters. The second-order valence-electron chi connectivity index (χ2n) is 3.76. The summed E-state index contributed by atoms with van der Waals surface area (Å²) >= 11 is 0. The van der Waals surface area contributed by atoms with Crippen molar-refractivity contribution in [1.29, 1.82) is 0 Å². The molecule has 0 spiro atoms. The molecule has 1 rings (SSSR count). The van der Waals surface area contributed by atoms with Crippen molar-refractivity contribution in [1.82, 2.24) is 15.1 Å². The Hall–Kier alpha value is -0.870. The van der Waals surface area contributed by atoms with E-state index in [2.05, 4.69) is 23.5 Å². The largest absolute Gasteiger partial charge is 0.385 e. The third-order valence-electron chi connectivity index (χ3n) is 2.40. The molecule has 0 saturated heterocycles. The first-order valence-corrected chi connectivity index (χ1v) is 5.46. The molecule has 0 bridgehead atoms. The fourth-order valence-corrected chi connectivity index (χ4v) is 1.69. The SMILES string of the molecule is CCNC(CCOC)Cc1cnn(C)c1. The van der Waals surface area contributed by atoms with Crippen LogP contribution in [0.2, 0.25) is 0 Å². The van der Waals surface area contributed by atoms with E-state index in [9.17, 15) is 0 Å². The monoisotopic (exact) mass is 211 g/mol. The number of aryl methyl sites for hydroxylation is 1. The summed E-state index contributed by atoms with van der Waals surface area (Å²) in [5.41, 5.74) is 1.28. The van der Waals surface area contributed by atoms with Gasteiger partial charge in [-0.15, -0.1) is 0 Å². The summed E-state index contributed by atoms with van der Waals surface area (Å²) in [5, 5.41) is 7.63. The van der Waals surface area contributed by atoms with Crippen molar-refractivity contribution in [2.24, 2.45) is 7.05 Å². The number of hydrogen-bond acceptors (Lipinski definition) is 3. The minimum absolute atomic E-state index is 0.485. The number of methoxy groups -OCH3 is 1. The van der Waals surface area contributed by atoms with E-state index in [1.807, 2.05) is 17.9 Å². The van der Waals surface area contributed by atoms with Gasteiger partial charge in [0.05, 0.1) is 6.20 Å². The molecule has 0 amide bonds. The van der Waals surface area contributed by atoms with Crippen molar-refractivity contribution in [3.63, 3.8) is 0 Å². The van der Waals surface area contributed by atoms with E-state index in [0.29, 0.717) is 6.04 Å². The van der Waals surface area contributed by atoms with E-state index in [0.717, 1.165) is 26.0 Å². The van der Waals surface area contributed by atoms with Crippen molar-refractivity contribution >= 4 is 0 Å². The summed E-state index contributed by atoms with van der Waals surface area (Å²) in [6.07, 6.45) is 6.05. The number of nitrogens with one attached hydrogen (secondary N) is 1. The highest BCUT2D eigenvalue weighted by molar-refractivity contribution is 5.05. The van der Waals surface area contributed by atoms with Gasteiger partial charge in [-0.3, -0.25) is 4.68 Å². The van der Waals surface area contributed by atoms with Gasteiger partial charge in [-0.25, -0.2) is 0 Å². The molecule has 0 aliphatic rings. The third kappa shape index (κ3) is 4.44. The Morgan fingerprint density at radius 3 is 2.93 bits per heavy atom. The first kappa shape index (κ1) is 12.2. The van der Waals surface area contributed by atoms with Gasteiger partial charge in [-0.05, 0) is 24.9 Å². The number of ether oxygens (including phenoxy) is 1. The molecular weight excluding hydrogens is 190 g/mol. The molecule has 0 fully saturated rings. The van der Waals surface area contributed by atoms with Crippen LogP contribution in [0.5, 0.6) is 0 Å². The lowest BCUT2D eigenvalue weighted by atomic mass is 10.1. The molecule has 0 aliphatic carbocycles. The first-order valence-electron chi connectivity index (χ1n) is 5.46. The standard InChI is InChI=1S/C11H21N3O/c1-4-12-11(5-6-15-3)7-10-8-13-14(2)9-10/h8-9,11-12H,4-7H2,1-3H3. The van der Waals surface area contributed by atoms with Crippen LogP contribution in [0.15, 0.2) is 12.4 Å². The maximum Gasteiger partial charge on any atom is 0.0522 e. The minimum atomic E-state index is 0.485. The Balaban J connectivity index is 2.42. The molecule has 0 aromatic carbocycles. The van der Waals surface area contributed by atoms with Gasteiger partial charge in [0.15, 0.2) is 0 Å². The Bertz CT molecular complexity index is 273. The molecule has 1 heterocycles. The predicted molar refractivity (Wildman–Crippen MR) is 60.9 cm³/mol. The average molecular weight is 211 g/mol. The van der Waals surface area contributed by atoms with Crippen LogP contribution in [-0.2, 0) is 18.2 Å². The zero-order valence-corrected chi connectivity index (χ0v) is 9.86. The van der Waals surface area contributed by atoms with Crippen LogP contribution < -0.4 is 5.32 Å². The molecule has 4 heteroatoms.